The van der Waals surface area contributed by atoms with Gasteiger partial charge in [-0.25, -0.2) is 33.7 Å². The molecule has 0 aliphatic carbocycles. The highest BCUT2D eigenvalue weighted by molar-refractivity contribution is 7.93. The van der Waals surface area contributed by atoms with Crippen LogP contribution in [0.4, 0.5) is 11.4 Å². The zero-order valence-corrected chi connectivity index (χ0v) is 31.6. The van der Waals surface area contributed by atoms with Crippen molar-refractivity contribution in [2.24, 2.45) is 0 Å². The number of rotatable bonds is 26. The summed E-state index contributed by atoms with van der Waals surface area (Å²) in [5, 5.41) is 4.81. The van der Waals surface area contributed by atoms with E-state index >= 15 is 0 Å². The fourth-order valence-corrected chi connectivity index (χ4v) is 7.55. The Kier molecular flexibility index (Phi) is 17.9. The van der Waals surface area contributed by atoms with Crippen molar-refractivity contribution in [1.82, 2.24) is 10.6 Å². The summed E-state index contributed by atoms with van der Waals surface area (Å²) >= 11 is 0. The lowest BCUT2D eigenvalue weighted by atomic mass is 10.3. The number of ether oxygens (including phenoxy) is 3. The first-order chi connectivity index (χ1) is 23.0. The molecule has 2 rings (SSSR count). The molecule has 0 unspecified atom stereocenters. The molecular weight excluding hydrogens is 721 g/mol. The summed E-state index contributed by atoms with van der Waals surface area (Å²) in [5.74, 6) is -0.241. The molecule has 0 saturated heterocycles. The SMILES string of the molecule is CC(C)S(=O)(=O)Nc1ccc(S(=O)(=O)CCNCCOCCOCCOCCNCCS(=O)(=O)c2ccc(NS(=O)(=O)C(C)C)cc2)cc1. The van der Waals surface area contributed by atoms with Crippen LogP contribution in [0.2, 0.25) is 0 Å². The molecule has 2 aromatic carbocycles. The average Bonchev–Trinajstić information content (AvgIpc) is 3.02. The lowest BCUT2D eigenvalue weighted by Crippen LogP contribution is -2.27. The molecule has 0 fully saturated rings. The van der Waals surface area contributed by atoms with Gasteiger partial charge in [-0.05, 0) is 76.2 Å². The molecule has 0 aliphatic rings. The van der Waals surface area contributed by atoms with Gasteiger partial charge < -0.3 is 24.8 Å². The third-order valence-electron chi connectivity index (χ3n) is 6.87. The Bertz CT molecular complexity index is 1570. The Labute approximate surface area is 291 Å². The van der Waals surface area contributed by atoms with E-state index < -0.39 is 50.2 Å². The van der Waals surface area contributed by atoms with E-state index in [9.17, 15) is 33.7 Å². The van der Waals surface area contributed by atoms with Crippen LogP contribution in [0.5, 0.6) is 0 Å². The van der Waals surface area contributed by atoms with Gasteiger partial charge >= 0.3 is 0 Å². The fraction of sp³-hybridized carbons (Fsp3) is 0.600. The monoisotopic (exact) mass is 770 g/mol. The van der Waals surface area contributed by atoms with E-state index in [1.807, 2.05) is 0 Å². The van der Waals surface area contributed by atoms with E-state index in [-0.39, 0.29) is 34.4 Å². The standard InChI is InChI=1S/C30H50N4O11S4/c1-25(2)48(39,40)33-27-5-9-29(10-6-27)46(35,36)23-15-31-13-17-43-19-21-45-22-20-44-18-14-32-16-24-47(37,38)30-11-7-28(8-12-30)34-49(41,42)26(3)4/h5-12,25-26,31-34H,13-24H2,1-4H3. The number of benzene rings is 2. The summed E-state index contributed by atoms with van der Waals surface area (Å²) < 4.78 is 119. The minimum absolute atomic E-state index is 0.110. The Morgan fingerprint density at radius 2 is 0.776 bits per heavy atom. The van der Waals surface area contributed by atoms with Crippen molar-refractivity contribution in [2.75, 3.05) is 86.8 Å². The summed E-state index contributed by atoms with van der Waals surface area (Å²) in [6, 6.07) is 11.2. The maximum atomic E-state index is 12.5. The van der Waals surface area contributed by atoms with Gasteiger partial charge in [-0.3, -0.25) is 9.44 Å². The smallest absolute Gasteiger partial charge is 0.235 e. The first-order valence-corrected chi connectivity index (χ1v) is 22.2. The molecule has 280 valence electrons. The van der Waals surface area contributed by atoms with Crippen molar-refractivity contribution in [2.45, 2.75) is 48.0 Å². The molecule has 0 saturated carbocycles. The quantitative estimate of drug-likeness (QED) is 0.100. The molecule has 0 aliphatic heterocycles. The molecule has 0 amide bonds. The van der Waals surface area contributed by atoms with E-state index in [1.54, 1.807) is 27.7 Å². The zero-order chi connectivity index (χ0) is 36.6. The van der Waals surface area contributed by atoms with Crippen LogP contribution in [0, 0.1) is 0 Å². The molecule has 15 nitrogen and oxygen atoms in total. The van der Waals surface area contributed by atoms with Crippen molar-refractivity contribution in [3.05, 3.63) is 48.5 Å². The Morgan fingerprint density at radius 1 is 0.469 bits per heavy atom. The van der Waals surface area contributed by atoms with E-state index in [2.05, 4.69) is 20.1 Å². The Morgan fingerprint density at radius 3 is 1.08 bits per heavy atom. The summed E-state index contributed by atoms with van der Waals surface area (Å²) in [6.45, 7) is 9.76. The molecular formula is C30H50N4O11S4. The van der Waals surface area contributed by atoms with Crippen molar-refractivity contribution in [1.29, 1.82) is 0 Å². The number of hydrogen-bond donors (Lipinski definition) is 4. The molecule has 2 aromatic rings. The van der Waals surface area contributed by atoms with Crippen LogP contribution in [-0.4, -0.2) is 121 Å². The highest BCUT2D eigenvalue weighted by Crippen LogP contribution is 2.18. The van der Waals surface area contributed by atoms with Crippen LogP contribution in [0.1, 0.15) is 27.7 Å². The molecule has 0 spiro atoms. The number of anilines is 2. The van der Waals surface area contributed by atoms with Crippen LogP contribution in [0.15, 0.2) is 58.3 Å². The lowest BCUT2D eigenvalue weighted by Gasteiger charge is -2.11. The van der Waals surface area contributed by atoms with Gasteiger partial charge in [-0.15, -0.1) is 0 Å². The second-order valence-corrected chi connectivity index (χ2v) is 20.1. The van der Waals surface area contributed by atoms with Gasteiger partial charge in [-0.1, -0.05) is 0 Å². The molecule has 0 heterocycles. The molecule has 0 bridgehead atoms. The van der Waals surface area contributed by atoms with Crippen molar-refractivity contribution in [3.63, 3.8) is 0 Å². The van der Waals surface area contributed by atoms with E-state index in [0.717, 1.165) is 0 Å². The molecule has 19 heteroatoms. The van der Waals surface area contributed by atoms with E-state index in [4.69, 9.17) is 14.2 Å². The number of sulfonamides is 2. The Hall–Kier alpha value is -2.36. The maximum absolute atomic E-state index is 12.5. The maximum Gasteiger partial charge on any atom is 0.235 e. The van der Waals surface area contributed by atoms with E-state index in [0.29, 0.717) is 64.1 Å². The minimum Gasteiger partial charge on any atom is -0.378 e. The molecule has 49 heavy (non-hydrogen) atoms. The van der Waals surface area contributed by atoms with Gasteiger partial charge in [0.1, 0.15) is 0 Å². The third-order valence-corrected chi connectivity index (χ3v) is 13.9. The fourth-order valence-electron chi connectivity index (χ4n) is 3.75. The lowest BCUT2D eigenvalue weighted by molar-refractivity contribution is 0.0158. The van der Waals surface area contributed by atoms with Gasteiger partial charge in [0.2, 0.25) is 20.0 Å². The topological polar surface area (TPSA) is 212 Å². The average molecular weight is 771 g/mol. The predicted molar refractivity (Wildman–Crippen MR) is 191 cm³/mol. The van der Waals surface area contributed by atoms with Gasteiger partial charge in [0, 0.05) is 37.6 Å². The van der Waals surface area contributed by atoms with Crippen molar-refractivity contribution < 1.29 is 47.9 Å². The van der Waals surface area contributed by atoms with Gasteiger partial charge in [-0.2, -0.15) is 0 Å². The minimum atomic E-state index is -3.54. The van der Waals surface area contributed by atoms with Crippen LogP contribution in [-0.2, 0) is 53.9 Å². The van der Waals surface area contributed by atoms with Crippen LogP contribution < -0.4 is 20.1 Å². The van der Waals surface area contributed by atoms with Gasteiger partial charge in [0.15, 0.2) is 19.7 Å². The summed E-state index contributed by atoms with van der Waals surface area (Å²) in [4.78, 5) is 0.220. The van der Waals surface area contributed by atoms with Crippen molar-refractivity contribution in [3.8, 4) is 0 Å². The second-order valence-electron chi connectivity index (χ2n) is 11.4. The van der Waals surface area contributed by atoms with Crippen molar-refractivity contribution >= 4 is 51.1 Å². The molecule has 0 atom stereocenters. The number of sulfone groups is 2. The zero-order valence-electron chi connectivity index (χ0n) is 28.4. The first kappa shape index (κ1) is 42.8. The largest absolute Gasteiger partial charge is 0.378 e. The molecule has 4 N–H and O–H groups in total. The van der Waals surface area contributed by atoms with Crippen LogP contribution in [0.25, 0.3) is 0 Å². The molecule has 0 aromatic heterocycles. The Balaban J connectivity index is 1.45. The second kappa shape index (κ2) is 20.5. The van der Waals surface area contributed by atoms with Gasteiger partial charge in [0.25, 0.3) is 0 Å². The number of hydrogen-bond acceptors (Lipinski definition) is 13. The predicted octanol–water partition coefficient (Wildman–Crippen LogP) is 1.46. The van der Waals surface area contributed by atoms with Gasteiger partial charge in [0.05, 0.1) is 71.4 Å². The normalized spacial score (nSPS) is 12.9. The third kappa shape index (κ3) is 16.0. The summed E-state index contributed by atoms with van der Waals surface area (Å²) in [5.41, 5.74) is 0.603. The summed E-state index contributed by atoms with van der Waals surface area (Å²) in [6.07, 6.45) is 0. The first-order valence-electron chi connectivity index (χ1n) is 15.8. The molecule has 0 radical (unpaired) electrons. The van der Waals surface area contributed by atoms with Crippen LogP contribution in [0.3, 0.4) is 0 Å². The van der Waals surface area contributed by atoms with E-state index in [1.165, 1.54) is 48.5 Å². The van der Waals surface area contributed by atoms with Crippen LogP contribution >= 0.6 is 0 Å². The summed E-state index contributed by atoms with van der Waals surface area (Å²) in [7, 11) is -14.1. The highest BCUT2D eigenvalue weighted by Gasteiger charge is 2.19. The highest BCUT2D eigenvalue weighted by atomic mass is 32.2. The number of nitrogens with one attached hydrogen (secondary N) is 4.